The van der Waals surface area contributed by atoms with Crippen LogP contribution in [0, 0.1) is 5.82 Å². The Morgan fingerprint density at radius 3 is 2.93 bits per heavy atom. The van der Waals surface area contributed by atoms with E-state index in [1.165, 1.54) is 30.0 Å². The fraction of sp³-hybridized carbons (Fsp3) is 0.111. The topological polar surface area (TPSA) is 83.6 Å². The van der Waals surface area contributed by atoms with Crippen molar-refractivity contribution in [2.24, 2.45) is 0 Å². The Hall–Kier alpha value is -2.71. The summed E-state index contributed by atoms with van der Waals surface area (Å²) in [4.78, 5) is 19.7. The number of halogens is 2. The van der Waals surface area contributed by atoms with Crippen LogP contribution < -0.4 is 5.32 Å². The molecule has 6 nitrogen and oxygen atoms in total. The molecule has 4 rings (SSSR count). The molecule has 0 radical (unpaired) electrons. The summed E-state index contributed by atoms with van der Waals surface area (Å²) in [5, 5.41) is 12.5. The van der Waals surface area contributed by atoms with Crippen molar-refractivity contribution in [3.8, 4) is 0 Å². The second-order valence-corrected chi connectivity index (χ2v) is 7.21. The highest BCUT2D eigenvalue weighted by molar-refractivity contribution is 7.99. The molecule has 4 aromatic rings. The van der Waals surface area contributed by atoms with Gasteiger partial charge in [0, 0.05) is 28.8 Å². The number of nitrogens with one attached hydrogen (secondary N) is 2. The van der Waals surface area contributed by atoms with Crippen molar-refractivity contribution in [3.63, 3.8) is 0 Å². The van der Waals surface area contributed by atoms with Gasteiger partial charge >= 0.3 is 0 Å². The second kappa shape index (κ2) is 7.50. The molecule has 27 heavy (non-hydrogen) atoms. The first-order chi connectivity index (χ1) is 13.1. The van der Waals surface area contributed by atoms with E-state index < -0.39 is 5.82 Å². The average molecular weight is 402 g/mol. The highest BCUT2D eigenvalue weighted by Crippen LogP contribution is 2.24. The summed E-state index contributed by atoms with van der Waals surface area (Å²) in [6.45, 7) is 0. The van der Waals surface area contributed by atoms with E-state index in [0.29, 0.717) is 22.2 Å². The third-order valence-electron chi connectivity index (χ3n) is 3.87. The van der Waals surface area contributed by atoms with Crippen LogP contribution >= 0.6 is 23.4 Å². The van der Waals surface area contributed by atoms with E-state index in [0.717, 1.165) is 16.4 Å². The number of anilines is 1. The van der Waals surface area contributed by atoms with Gasteiger partial charge < -0.3 is 10.3 Å². The van der Waals surface area contributed by atoms with Gasteiger partial charge in [0.1, 0.15) is 11.3 Å². The van der Waals surface area contributed by atoms with Gasteiger partial charge in [-0.05, 0) is 24.3 Å². The largest absolute Gasteiger partial charge is 0.338 e. The third-order valence-corrected chi connectivity index (χ3v) is 5.00. The van der Waals surface area contributed by atoms with Crippen molar-refractivity contribution < 1.29 is 9.18 Å². The van der Waals surface area contributed by atoms with Crippen LogP contribution in [0.3, 0.4) is 0 Å². The van der Waals surface area contributed by atoms with Gasteiger partial charge in [0.15, 0.2) is 5.65 Å². The van der Waals surface area contributed by atoms with Crippen molar-refractivity contribution in [2.45, 2.75) is 11.6 Å². The monoisotopic (exact) mass is 401 g/mol. The maximum atomic E-state index is 13.1. The highest BCUT2D eigenvalue weighted by Gasteiger charge is 2.10. The molecule has 0 spiro atoms. The predicted molar refractivity (Wildman–Crippen MR) is 105 cm³/mol. The van der Waals surface area contributed by atoms with Crippen LogP contribution in [-0.4, -0.2) is 31.8 Å². The molecule has 1 amide bonds. The molecule has 2 aromatic heterocycles. The molecule has 0 bridgehead atoms. The standard InChI is InChI=1S/C18H13ClFN5OS/c19-12-9-10(5-6-13(12)20)21-15(26)7-8-27-18-23-17-16(24-25-18)11-3-1-2-4-14(11)22-17/h1-6,9H,7-8H2,(H,21,26)(H,22,23,25). The van der Waals surface area contributed by atoms with E-state index in [2.05, 4.69) is 25.5 Å². The lowest BCUT2D eigenvalue weighted by Crippen LogP contribution is -2.12. The SMILES string of the molecule is O=C(CCSc1nnc2c(n1)[nH]c1ccccc12)Nc1ccc(F)c(Cl)c1. The van der Waals surface area contributed by atoms with Crippen molar-refractivity contribution in [1.82, 2.24) is 20.2 Å². The van der Waals surface area contributed by atoms with Gasteiger partial charge in [-0.15, -0.1) is 10.2 Å². The van der Waals surface area contributed by atoms with E-state index in [9.17, 15) is 9.18 Å². The van der Waals surface area contributed by atoms with E-state index in [1.807, 2.05) is 24.3 Å². The summed E-state index contributed by atoms with van der Waals surface area (Å²) in [6, 6.07) is 11.8. The molecule has 9 heteroatoms. The lowest BCUT2D eigenvalue weighted by Gasteiger charge is -2.05. The Bertz CT molecular complexity index is 1150. The number of carbonyl (C=O) groups is 1. The first-order valence-electron chi connectivity index (χ1n) is 8.09. The maximum absolute atomic E-state index is 13.1. The number of nitrogens with zero attached hydrogens (tertiary/aromatic N) is 3. The lowest BCUT2D eigenvalue weighted by atomic mass is 10.2. The van der Waals surface area contributed by atoms with Gasteiger partial charge in [0.2, 0.25) is 11.1 Å². The number of aromatic nitrogens is 4. The second-order valence-electron chi connectivity index (χ2n) is 5.74. The van der Waals surface area contributed by atoms with E-state index in [1.54, 1.807) is 0 Å². The van der Waals surface area contributed by atoms with Gasteiger partial charge in [-0.2, -0.15) is 0 Å². The van der Waals surface area contributed by atoms with Gasteiger partial charge in [-0.25, -0.2) is 9.37 Å². The van der Waals surface area contributed by atoms with Crippen LogP contribution in [-0.2, 0) is 4.79 Å². The summed E-state index contributed by atoms with van der Waals surface area (Å²) in [5.41, 5.74) is 2.79. The zero-order valence-electron chi connectivity index (χ0n) is 13.9. The first-order valence-corrected chi connectivity index (χ1v) is 9.45. The zero-order valence-corrected chi connectivity index (χ0v) is 15.4. The van der Waals surface area contributed by atoms with Gasteiger partial charge in [-0.1, -0.05) is 41.6 Å². The Balaban J connectivity index is 1.37. The van der Waals surface area contributed by atoms with Gasteiger partial charge in [0.05, 0.1) is 5.02 Å². The van der Waals surface area contributed by atoms with E-state index in [4.69, 9.17) is 11.6 Å². The number of aromatic amines is 1. The number of rotatable bonds is 5. The fourth-order valence-electron chi connectivity index (χ4n) is 2.60. The Kier molecular flexibility index (Phi) is 4.91. The number of hydrogen-bond acceptors (Lipinski definition) is 5. The number of hydrogen-bond donors (Lipinski definition) is 2. The molecule has 0 atom stereocenters. The van der Waals surface area contributed by atoms with Crippen LogP contribution in [0.1, 0.15) is 6.42 Å². The molecular weight excluding hydrogens is 389 g/mol. The number of H-pyrrole nitrogens is 1. The minimum atomic E-state index is -0.526. The molecule has 136 valence electrons. The third kappa shape index (κ3) is 3.86. The Labute approximate surface area is 162 Å². The van der Waals surface area contributed by atoms with Crippen LogP contribution in [0.15, 0.2) is 47.6 Å². The molecule has 0 aliphatic heterocycles. The molecule has 0 saturated carbocycles. The molecule has 2 aromatic carbocycles. The fourth-order valence-corrected chi connectivity index (χ4v) is 3.50. The number of fused-ring (bicyclic) bond motifs is 3. The first kappa shape index (κ1) is 17.7. The van der Waals surface area contributed by atoms with Crippen molar-refractivity contribution >= 4 is 57.0 Å². The zero-order chi connectivity index (χ0) is 18.8. The smallest absolute Gasteiger partial charge is 0.225 e. The van der Waals surface area contributed by atoms with Crippen LogP contribution in [0.5, 0.6) is 0 Å². The average Bonchev–Trinajstić information content (AvgIpc) is 3.02. The molecule has 0 unspecified atom stereocenters. The van der Waals surface area contributed by atoms with Crippen molar-refractivity contribution in [3.05, 3.63) is 53.3 Å². The molecule has 0 saturated heterocycles. The summed E-state index contributed by atoms with van der Waals surface area (Å²) >= 11 is 7.04. The van der Waals surface area contributed by atoms with E-state index in [-0.39, 0.29) is 17.4 Å². The molecular formula is C18H13ClFN5OS. The van der Waals surface area contributed by atoms with Gasteiger partial charge in [-0.3, -0.25) is 4.79 Å². The molecule has 0 aliphatic carbocycles. The number of amides is 1. The Morgan fingerprint density at radius 2 is 2.07 bits per heavy atom. The summed E-state index contributed by atoms with van der Waals surface area (Å²) in [6.07, 6.45) is 0.244. The highest BCUT2D eigenvalue weighted by atomic mass is 35.5. The quantitative estimate of drug-likeness (QED) is 0.483. The van der Waals surface area contributed by atoms with Crippen LogP contribution in [0.4, 0.5) is 10.1 Å². The molecule has 2 N–H and O–H groups in total. The van der Waals surface area contributed by atoms with E-state index >= 15 is 0 Å². The van der Waals surface area contributed by atoms with Gasteiger partial charge in [0.25, 0.3) is 0 Å². The normalized spacial score (nSPS) is 11.2. The molecule has 2 heterocycles. The number of benzene rings is 2. The van der Waals surface area contributed by atoms with Crippen LogP contribution in [0.25, 0.3) is 22.1 Å². The lowest BCUT2D eigenvalue weighted by molar-refractivity contribution is -0.115. The summed E-state index contributed by atoms with van der Waals surface area (Å²) < 4.78 is 13.1. The molecule has 0 fully saturated rings. The minimum absolute atomic E-state index is 0.0340. The molecule has 0 aliphatic rings. The number of carbonyl (C=O) groups excluding carboxylic acids is 1. The minimum Gasteiger partial charge on any atom is -0.338 e. The summed E-state index contributed by atoms with van der Waals surface area (Å²) in [7, 11) is 0. The number of para-hydroxylation sites is 1. The van der Waals surface area contributed by atoms with Crippen molar-refractivity contribution in [2.75, 3.05) is 11.1 Å². The van der Waals surface area contributed by atoms with Crippen molar-refractivity contribution in [1.29, 1.82) is 0 Å². The number of thioether (sulfide) groups is 1. The maximum Gasteiger partial charge on any atom is 0.225 e. The Morgan fingerprint density at radius 1 is 1.22 bits per heavy atom. The van der Waals surface area contributed by atoms with Crippen LogP contribution in [0.2, 0.25) is 5.02 Å². The summed E-state index contributed by atoms with van der Waals surface area (Å²) in [5.74, 6) is -0.249. The predicted octanol–water partition coefficient (Wildman–Crippen LogP) is 4.42.